The van der Waals surface area contributed by atoms with Crippen LogP contribution in [0.1, 0.15) is 43.0 Å². The van der Waals surface area contributed by atoms with Gasteiger partial charge in [0.1, 0.15) is 17.7 Å². The second-order valence-electron chi connectivity index (χ2n) is 12.4. The van der Waals surface area contributed by atoms with Crippen molar-refractivity contribution >= 4 is 40.0 Å². The van der Waals surface area contributed by atoms with Gasteiger partial charge in [-0.2, -0.15) is 0 Å². The van der Waals surface area contributed by atoms with Gasteiger partial charge in [0.15, 0.2) is 5.78 Å². The molecule has 4 aromatic rings. The largest absolute Gasteiger partial charge is 0.361 e. The summed E-state index contributed by atoms with van der Waals surface area (Å²) in [4.78, 5) is 57.5. The minimum absolute atomic E-state index is 0.168. The predicted molar refractivity (Wildman–Crippen MR) is 176 cm³/mol. The summed E-state index contributed by atoms with van der Waals surface area (Å²) in [5.74, 6) is -1.55. The normalized spacial score (nSPS) is 18.8. The molecule has 0 unspecified atom stereocenters. The van der Waals surface area contributed by atoms with Gasteiger partial charge in [-0.25, -0.2) is 0 Å². The van der Waals surface area contributed by atoms with E-state index in [1.807, 2.05) is 92.0 Å². The molecule has 9 heteroatoms. The molecule has 236 valence electrons. The first-order chi connectivity index (χ1) is 22.1. The number of para-hydroxylation sites is 1. The van der Waals surface area contributed by atoms with Crippen molar-refractivity contribution < 1.29 is 23.9 Å². The molecule has 1 aliphatic heterocycles. The van der Waals surface area contributed by atoms with Crippen LogP contribution in [0.5, 0.6) is 0 Å². The van der Waals surface area contributed by atoms with Gasteiger partial charge in [-0.15, -0.1) is 0 Å². The van der Waals surface area contributed by atoms with Crippen LogP contribution in [0.2, 0.25) is 0 Å². The molecule has 1 aliphatic carbocycles. The minimum atomic E-state index is -1.03. The number of aromatic amines is 1. The quantitative estimate of drug-likeness (QED) is 0.179. The number of ether oxygens (including phenoxy) is 1. The highest BCUT2D eigenvalue weighted by Crippen LogP contribution is 2.32. The lowest BCUT2D eigenvalue weighted by molar-refractivity contribution is -0.133. The molecule has 1 fully saturated rings. The fourth-order valence-corrected chi connectivity index (χ4v) is 6.10. The second kappa shape index (κ2) is 12.8. The van der Waals surface area contributed by atoms with E-state index in [-0.39, 0.29) is 24.5 Å². The predicted octanol–water partition coefficient (Wildman–Crippen LogP) is 3.82. The molecule has 1 aromatic heterocycles. The summed E-state index contributed by atoms with van der Waals surface area (Å²) in [7, 11) is 0. The van der Waals surface area contributed by atoms with Gasteiger partial charge in [0, 0.05) is 35.5 Å². The van der Waals surface area contributed by atoms with Gasteiger partial charge in [-0.05, 0) is 61.1 Å². The Morgan fingerprint density at radius 2 is 1.52 bits per heavy atom. The van der Waals surface area contributed by atoms with Crippen LogP contribution in [0.3, 0.4) is 0 Å². The molecule has 0 bridgehead atoms. The van der Waals surface area contributed by atoms with Gasteiger partial charge < -0.3 is 25.7 Å². The fraction of sp³-hybridized carbons (Fsp3) is 0.297. The number of carbonyl (C=O) groups excluding carboxylic acids is 4. The lowest BCUT2D eigenvalue weighted by Gasteiger charge is -2.25. The molecule has 0 radical (unpaired) electrons. The number of benzene rings is 3. The Morgan fingerprint density at radius 1 is 0.848 bits per heavy atom. The Bertz CT molecular complexity index is 1840. The number of carbonyl (C=O) groups is 4. The molecule has 2 aliphatic rings. The van der Waals surface area contributed by atoms with Gasteiger partial charge in [-0.1, -0.05) is 72.8 Å². The van der Waals surface area contributed by atoms with Crippen LogP contribution in [0.15, 0.2) is 90.6 Å². The number of epoxide rings is 1. The number of aromatic nitrogens is 1. The van der Waals surface area contributed by atoms with E-state index in [9.17, 15) is 19.2 Å². The Balaban J connectivity index is 1.21. The third-order valence-electron chi connectivity index (χ3n) is 9.00. The van der Waals surface area contributed by atoms with E-state index in [1.54, 1.807) is 13.8 Å². The highest BCUT2D eigenvalue weighted by Gasteiger charge is 2.50. The van der Waals surface area contributed by atoms with Crippen molar-refractivity contribution in [2.75, 3.05) is 6.61 Å². The highest BCUT2D eigenvalue weighted by molar-refractivity contribution is 6.05. The number of hydrogen-bond donors (Lipinski definition) is 4. The van der Waals surface area contributed by atoms with Crippen LogP contribution in [-0.4, -0.2) is 58.8 Å². The van der Waals surface area contributed by atoms with Crippen molar-refractivity contribution in [3.63, 3.8) is 0 Å². The average Bonchev–Trinajstić information content (AvgIpc) is 3.55. The zero-order valence-electron chi connectivity index (χ0n) is 26.2. The van der Waals surface area contributed by atoms with Gasteiger partial charge in [0.05, 0.1) is 12.6 Å². The molecule has 0 spiro atoms. The standard InChI is InChI=1S/C37H38N4O5/c1-22-27-14-8-7-13-25(27)18-29(22)35(44)39-23(2)34(43)41-32(19-26-20-38-30-16-10-9-15-28(26)30)36(45)40-31(33(42)37(3)21-46-37)17-24-11-5-4-6-12-24/h4-16,20,23,31-32,38H,17-19,21H2,1-3H3,(H,39,44)(H,40,45)(H,41,43)/t23-,31+,32-,37-/m1/s1. The number of rotatable bonds is 12. The number of nitrogens with one attached hydrogen (secondary N) is 4. The SMILES string of the molecule is CC1=C(C(=O)N[C@H](C)C(=O)N[C@H](Cc2c[nH]c3ccccc23)C(=O)N[C@@H](Cc2ccccc2)C(=O)[C@@]2(C)CO2)Cc2ccccc21. The van der Waals surface area contributed by atoms with Crippen molar-refractivity contribution in [2.45, 2.75) is 63.8 Å². The van der Waals surface area contributed by atoms with Crippen molar-refractivity contribution in [2.24, 2.45) is 0 Å². The van der Waals surface area contributed by atoms with E-state index in [0.717, 1.165) is 38.7 Å². The van der Waals surface area contributed by atoms with Gasteiger partial charge >= 0.3 is 0 Å². The number of Topliss-reactive ketones (excluding diaryl/α,β-unsaturated/α-hetero) is 1. The van der Waals surface area contributed by atoms with Gasteiger partial charge in [0.25, 0.3) is 0 Å². The summed E-state index contributed by atoms with van der Waals surface area (Å²) in [5.41, 5.74) is 5.28. The molecule has 2 heterocycles. The molecule has 9 nitrogen and oxygen atoms in total. The van der Waals surface area contributed by atoms with Crippen molar-refractivity contribution in [3.8, 4) is 0 Å². The Labute approximate surface area is 267 Å². The summed E-state index contributed by atoms with van der Waals surface area (Å²) < 4.78 is 5.44. The summed E-state index contributed by atoms with van der Waals surface area (Å²) in [6.07, 6.45) is 2.76. The molecule has 6 rings (SSSR count). The van der Waals surface area contributed by atoms with E-state index in [1.165, 1.54) is 0 Å². The monoisotopic (exact) mass is 618 g/mol. The van der Waals surface area contributed by atoms with Gasteiger partial charge in [0.2, 0.25) is 17.7 Å². The molecule has 46 heavy (non-hydrogen) atoms. The van der Waals surface area contributed by atoms with Crippen LogP contribution < -0.4 is 16.0 Å². The van der Waals surface area contributed by atoms with E-state index >= 15 is 0 Å². The zero-order chi connectivity index (χ0) is 32.4. The Hall–Kier alpha value is -5.02. The number of allylic oxidation sites excluding steroid dienone is 1. The van der Waals surface area contributed by atoms with Gasteiger partial charge in [-0.3, -0.25) is 19.2 Å². The summed E-state index contributed by atoms with van der Waals surface area (Å²) >= 11 is 0. The first kappa shape index (κ1) is 31.0. The maximum Gasteiger partial charge on any atom is 0.248 e. The lowest BCUT2D eigenvalue weighted by atomic mass is 9.94. The molecular weight excluding hydrogens is 580 g/mol. The Morgan fingerprint density at radius 3 is 2.26 bits per heavy atom. The molecule has 0 saturated carbocycles. The number of ketones is 1. The average molecular weight is 619 g/mol. The number of hydrogen-bond acceptors (Lipinski definition) is 5. The molecule has 3 aromatic carbocycles. The topological polar surface area (TPSA) is 133 Å². The maximum atomic E-state index is 14.0. The molecule has 3 amide bonds. The highest BCUT2D eigenvalue weighted by atomic mass is 16.6. The van der Waals surface area contributed by atoms with Crippen LogP contribution in [-0.2, 0) is 43.2 Å². The van der Waals surface area contributed by atoms with E-state index in [4.69, 9.17) is 4.74 Å². The van der Waals surface area contributed by atoms with Crippen molar-refractivity contribution in [1.82, 2.24) is 20.9 Å². The van der Waals surface area contributed by atoms with E-state index in [0.29, 0.717) is 18.6 Å². The lowest BCUT2D eigenvalue weighted by Crippen LogP contribution is -2.57. The number of amides is 3. The maximum absolute atomic E-state index is 14.0. The molecular formula is C37H38N4O5. The van der Waals surface area contributed by atoms with Crippen LogP contribution >= 0.6 is 0 Å². The third-order valence-corrected chi connectivity index (χ3v) is 9.00. The summed E-state index contributed by atoms with van der Waals surface area (Å²) in [6, 6.07) is 22.2. The summed E-state index contributed by atoms with van der Waals surface area (Å²) in [6.45, 7) is 5.52. The van der Waals surface area contributed by atoms with Crippen LogP contribution in [0, 0.1) is 0 Å². The first-order valence-corrected chi connectivity index (χ1v) is 15.6. The zero-order valence-corrected chi connectivity index (χ0v) is 26.2. The molecule has 1 saturated heterocycles. The van der Waals surface area contributed by atoms with Crippen molar-refractivity contribution in [1.29, 1.82) is 0 Å². The van der Waals surface area contributed by atoms with Crippen molar-refractivity contribution in [3.05, 3.63) is 113 Å². The Kier molecular flexibility index (Phi) is 8.60. The van der Waals surface area contributed by atoms with Crippen LogP contribution in [0.25, 0.3) is 16.5 Å². The number of H-pyrrole nitrogens is 1. The fourth-order valence-electron chi connectivity index (χ4n) is 6.10. The summed E-state index contributed by atoms with van der Waals surface area (Å²) in [5, 5.41) is 9.55. The third kappa shape index (κ3) is 6.50. The van der Waals surface area contributed by atoms with E-state index < -0.39 is 35.5 Å². The van der Waals surface area contributed by atoms with E-state index in [2.05, 4.69) is 20.9 Å². The minimum Gasteiger partial charge on any atom is -0.361 e. The smallest absolute Gasteiger partial charge is 0.248 e. The molecule has 4 atom stereocenters. The van der Waals surface area contributed by atoms with Crippen LogP contribution in [0.4, 0.5) is 0 Å². The first-order valence-electron chi connectivity index (χ1n) is 15.6. The molecule has 4 N–H and O–H groups in total. The number of fused-ring (bicyclic) bond motifs is 2. The second-order valence-corrected chi connectivity index (χ2v) is 12.4.